The molecule has 4 nitrogen and oxygen atoms in total. The molecule has 23 heavy (non-hydrogen) atoms. The largest absolute Gasteiger partial charge is 0.377 e. The van der Waals surface area contributed by atoms with Crippen molar-refractivity contribution < 1.29 is 4.74 Å². The summed E-state index contributed by atoms with van der Waals surface area (Å²) in [7, 11) is 1.65. The molecule has 0 saturated carbocycles. The fourth-order valence-corrected chi connectivity index (χ4v) is 3.16. The number of ether oxygens (including phenoxy) is 1. The molecular weight excluding hydrogens is 286 g/mol. The number of methoxy groups -OCH3 is 1. The highest BCUT2D eigenvalue weighted by molar-refractivity contribution is 5.16. The van der Waals surface area contributed by atoms with Crippen molar-refractivity contribution in [1.82, 2.24) is 14.9 Å². The topological polar surface area (TPSA) is 38.2 Å². The summed E-state index contributed by atoms with van der Waals surface area (Å²) in [5, 5.41) is 0. The molecule has 0 unspecified atom stereocenters. The maximum Gasteiger partial charge on any atom is 0.153 e. The van der Waals surface area contributed by atoms with Gasteiger partial charge in [0.25, 0.3) is 0 Å². The summed E-state index contributed by atoms with van der Waals surface area (Å²) < 4.78 is 5.06. The predicted molar refractivity (Wildman–Crippen MR) is 93.9 cm³/mol. The third-order valence-electron chi connectivity index (χ3n) is 4.17. The van der Waals surface area contributed by atoms with Crippen LogP contribution in [0.25, 0.3) is 0 Å². The van der Waals surface area contributed by atoms with Crippen LogP contribution in [-0.4, -0.2) is 34.1 Å². The van der Waals surface area contributed by atoms with Crippen LogP contribution in [0.2, 0.25) is 0 Å². The van der Waals surface area contributed by atoms with Crippen LogP contribution < -0.4 is 0 Å². The fourth-order valence-electron chi connectivity index (χ4n) is 3.16. The Kier molecular flexibility index (Phi) is 6.68. The summed E-state index contributed by atoms with van der Waals surface area (Å²) in [5.41, 5.74) is 2.58. The van der Waals surface area contributed by atoms with Gasteiger partial charge in [0.2, 0.25) is 0 Å². The molecule has 1 aliphatic rings. The second kappa shape index (κ2) is 8.75. The molecule has 4 heteroatoms. The van der Waals surface area contributed by atoms with Gasteiger partial charge in [0, 0.05) is 43.7 Å². The van der Waals surface area contributed by atoms with E-state index in [2.05, 4.69) is 41.0 Å². The minimum Gasteiger partial charge on any atom is -0.377 e. The highest BCUT2D eigenvalue weighted by atomic mass is 16.5. The third kappa shape index (κ3) is 4.85. The van der Waals surface area contributed by atoms with Gasteiger partial charge >= 0.3 is 0 Å². The molecule has 0 radical (unpaired) electrons. The number of rotatable bonds is 8. The van der Waals surface area contributed by atoms with Crippen molar-refractivity contribution in [3.63, 3.8) is 0 Å². The molecule has 1 aliphatic heterocycles. The Morgan fingerprint density at radius 3 is 2.57 bits per heavy atom. The van der Waals surface area contributed by atoms with E-state index in [1.807, 2.05) is 24.5 Å². The van der Waals surface area contributed by atoms with Crippen LogP contribution in [0.5, 0.6) is 0 Å². The molecule has 0 N–H and O–H groups in total. The molecule has 0 amide bonds. The van der Waals surface area contributed by atoms with E-state index in [0.29, 0.717) is 18.7 Å². The monoisotopic (exact) mass is 313 g/mol. The Labute approximate surface area is 139 Å². The van der Waals surface area contributed by atoms with Gasteiger partial charge in [0.05, 0.1) is 0 Å². The molecule has 0 bridgehead atoms. The molecule has 1 aromatic rings. The third-order valence-corrected chi connectivity index (χ3v) is 4.17. The summed E-state index contributed by atoms with van der Waals surface area (Å²) in [6.45, 7) is 11.3. The Bertz CT molecular complexity index is 550. The summed E-state index contributed by atoms with van der Waals surface area (Å²) in [6.07, 6.45) is 13.2. The lowest BCUT2D eigenvalue weighted by molar-refractivity contribution is 0.137. The molecule has 0 aliphatic carbocycles. The van der Waals surface area contributed by atoms with Crippen LogP contribution in [0, 0.1) is 0 Å². The second-order valence-corrected chi connectivity index (χ2v) is 6.10. The van der Waals surface area contributed by atoms with Gasteiger partial charge in [0.15, 0.2) is 5.82 Å². The van der Waals surface area contributed by atoms with E-state index in [0.717, 1.165) is 37.2 Å². The van der Waals surface area contributed by atoms with Crippen molar-refractivity contribution in [2.24, 2.45) is 0 Å². The SMILES string of the molecule is C=CC[C@@H]1CC(C)=C[C@@H](CC=C)N1Cc1cnc(COC)nc1. The molecule has 0 aromatic carbocycles. The van der Waals surface area contributed by atoms with E-state index in [-0.39, 0.29) is 0 Å². The van der Waals surface area contributed by atoms with Crippen molar-refractivity contribution in [2.45, 2.75) is 51.4 Å². The van der Waals surface area contributed by atoms with Gasteiger partial charge in [-0.25, -0.2) is 9.97 Å². The highest BCUT2D eigenvalue weighted by Crippen LogP contribution is 2.28. The van der Waals surface area contributed by atoms with E-state index >= 15 is 0 Å². The average molecular weight is 313 g/mol. The second-order valence-electron chi connectivity index (χ2n) is 6.10. The first-order valence-electron chi connectivity index (χ1n) is 8.11. The van der Waals surface area contributed by atoms with E-state index in [1.54, 1.807) is 7.11 Å². The van der Waals surface area contributed by atoms with Crippen molar-refractivity contribution in [1.29, 1.82) is 0 Å². The summed E-state index contributed by atoms with van der Waals surface area (Å²) in [5.74, 6) is 0.718. The molecule has 0 saturated heterocycles. The first-order chi connectivity index (χ1) is 11.2. The van der Waals surface area contributed by atoms with Gasteiger partial charge in [-0.05, 0) is 26.2 Å². The molecule has 124 valence electrons. The van der Waals surface area contributed by atoms with E-state index in [9.17, 15) is 0 Å². The summed E-state index contributed by atoms with van der Waals surface area (Å²) >= 11 is 0. The number of nitrogens with zero attached hydrogens (tertiary/aromatic N) is 3. The molecule has 2 heterocycles. The standard InChI is InChI=1S/C19H27N3O/c1-5-7-17-9-15(3)10-18(8-6-2)22(17)13-16-11-20-19(14-23-4)21-12-16/h5-6,9,11-12,17-18H,1-2,7-8,10,13-14H2,3-4H3/t17-,18-/m1/s1. The lowest BCUT2D eigenvalue weighted by Crippen LogP contribution is -2.44. The average Bonchev–Trinajstić information content (AvgIpc) is 2.53. The Morgan fingerprint density at radius 1 is 1.26 bits per heavy atom. The van der Waals surface area contributed by atoms with Crippen LogP contribution in [0.4, 0.5) is 0 Å². The molecule has 0 fully saturated rings. The van der Waals surface area contributed by atoms with Gasteiger partial charge in [-0.2, -0.15) is 0 Å². The van der Waals surface area contributed by atoms with Crippen molar-refractivity contribution in [2.75, 3.05) is 7.11 Å². The normalized spacial score (nSPS) is 21.7. The molecule has 1 aromatic heterocycles. The lowest BCUT2D eigenvalue weighted by atomic mass is 9.92. The zero-order chi connectivity index (χ0) is 16.7. The van der Waals surface area contributed by atoms with Crippen LogP contribution in [0.15, 0.2) is 49.4 Å². The molecular formula is C19H27N3O. The van der Waals surface area contributed by atoms with Crippen LogP contribution >= 0.6 is 0 Å². The summed E-state index contributed by atoms with van der Waals surface area (Å²) in [6, 6.07) is 0.853. The van der Waals surface area contributed by atoms with Crippen molar-refractivity contribution in [3.05, 3.63) is 60.7 Å². The Hall–Kier alpha value is -1.78. The van der Waals surface area contributed by atoms with Crippen LogP contribution in [-0.2, 0) is 17.9 Å². The minimum absolute atomic E-state index is 0.379. The van der Waals surface area contributed by atoms with Crippen LogP contribution in [0.3, 0.4) is 0 Å². The molecule has 2 atom stereocenters. The van der Waals surface area contributed by atoms with Gasteiger partial charge < -0.3 is 4.74 Å². The van der Waals surface area contributed by atoms with E-state index in [4.69, 9.17) is 4.74 Å². The van der Waals surface area contributed by atoms with E-state index in [1.165, 1.54) is 5.57 Å². The Balaban J connectivity index is 2.17. The highest BCUT2D eigenvalue weighted by Gasteiger charge is 2.28. The first kappa shape index (κ1) is 17.6. The zero-order valence-electron chi connectivity index (χ0n) is 14.2. The fraction of sp³-hybridized carbons (Fsp3) is 0.474. The lowest BCUT2D eigenvalue weighted by Gasteiger charge is -2.40. The molecule has 0 spiro atoms. The van der Waals surface area contributed by atoms with E-state index < -0.39 is 0 Å². The van der Waals surface area contributed by atoms with Gasteiger partial charge in [0.1, 0.15) is 6.61 Å². The smallest absolute Gasteiger partial charge is 0.153 e. The quantitative estimate of drug-likeness (QED) is 0.686. The maximum absolute atomic E-state index is 5.06. The summed E-state index contributed by atoms with van der Waals surface area (Å²) in [4.78, 5) is 11.3. The van der Waals surface area contributed by atoms with Crippen molar-refractivity contribution in [3.8, 4) is 0 Å². The van der Waals surface area contributed by atoms with Gasteiger partial charge in [-0.3, -0.25) is 4.90 Å². The number of hydrogen-bond acceptors (Lipinski definition) is 4. The zero-order valence-corrected chi connectivity index (χ0v) is 14.2. The van der Waals surface area contributed by atoms with Gasteiger partial charge in [-0.15, -0.1) is 13.2 Å². The molecule has 2 rings (SSSR count). The number of hydrogen-bond donors (Lipinski definition) is 0. The van der Waals surface area contributed by atoms with Crippen molar-refractivity contribution >= 4 is 0 Å². The van der Waals surface area contributed by atoms with Crippen LogP contribution in [0.1, 0.15) is 37.6 Å². The predicted octanol–water partition coefficient (Wildman–Crippen LogP) is 3.66. The van der Waals surface area contributed by atoms with Gasteiger partial charge in [-0.1, -0.05) is 23.8 Å². The number of aromatic nitrogens is 2. The minimum atomic E-state index is 0.379. The Morgan fingerprint density at radius 2 is 1.96 bits per heavy atom. The first-order valence-corrected chi connectivity index (χ1v) is 8.11. The maximum atomic E-state index is 5.06.